The zero-order chi connectivity index (χ0) is 27.0. The van der Waals surface area contributed by atoms with Gasteiger partial charge in [0.05, 0.1) is 23.6 Å². The number of rotatable bonds is 7. The minimum atomic E-state index is -1.23. The maximum atomic E-state index is 15.0. The highest BCUT2D eigenvalue weighted by atomic mass is 19.1. The summed E-state index contributed by atoms with van der Waals surface area (Å²) in [5.41, 5.74) is 1.08. The highest BCUT2D eigenvalue weighted by Gasteiger charge is 2.46. The van der Waals surface area contributed by atoms with Gasteiger partial charge >= 0.3 is 0 Å². The quantitative estimate of drug-likeness (QED) is 0.119. The molecule has 0 aliphatic carbocycles. The number of amides is 1. The Labute approximate surface area is 215 Å². The molecule has 0 radical (unpaired) electrons. The number of hydrogen-bond donors (Lipinski definition) is 2. The molecule has 2 N–H and O–H groups in total. The molecule has 9 nitrogen and oxygen atoms in total. The van der Waals surface area contributed by atoms with Crippen molar-refractivity contribution in [2.45, 2.75) is 12.5 Å². The van der Waals surface area contributed by atoms with Crippen LogP contribution in [0.4, 0.5) is 10.1 Å². The molecule has 1 saturated heterocycles. The maximum absolute atomic E-state index is 15.0. The van der Waals surface area contributed by atoms with E-state index in [-0.39, 0.29) is 28.9 Å². The van der Waals surface area contributed by atoms with Crippen LogP contribution in [0, 0.1) is 15.9 Å². The number of methoxy groups -OCH3 is 1. The Hall–Kier alpha value is -4.99. The van der Waals surface area contributed by atoms with Crippen molar-refractivity contribution in [3.63, 3.8) is 0 Å². The summed E-state index contributed by atoms with van der Waals surface area (Å²) < 4.78 is 20.3. The van der Waals surface area contributed by atoms with Crippen LogP contribution < -0.4 is 4.74 Å². The second kappa shape index (κ2) is 9.81. The number of likely N-dealkylation sites (tertiary alicyclic amines) is 1. The van der Waals surface area contributed by atoms with Gasteiger partial charge in [-0.2, -0.15) is 0 Å². The van der Waals surface area contributed by atoms with E-state index in [4.69, 9.17) is 4.74 Å². The Balaban J connectivity index is 1.58. The summed E-state index contributed by atoms with van der Waals surface area (Å²) in [5, 5.41) is 23.2. The molecule has 1 amide bonds. The number of non-ortho nitro benzene ring substituents is 1. The fourth-order valence-electron chi connectivity index (χ4n) is 4.79. The highest BCUT2D eigenvalue weighted by Crippen LogP contribution is 2.41. The van der Waals surface area contributed by atoms with Gasteiger partial charge in [-0.05, 0) is 36.2 Å². The van der Waals surface area contributed by atoms with E-state index in [1.165, 1.54) is 41.3 Å². The SMILES string of the molecule is COc1ccc2[nH]cc(CCN3C(=O)C(=O)C(=C(O)c4cccc([N+](=O)[O-])c4)[C@H]3c3ccccc3F)c2c1. The van der Waals surface area contributed by atoms with Gasteiger partial charge in [0.15, 0.2) is 0 Å². The predicted molar refractivity (Wildman–Crippen MR) is 137 cm³/mol. The lowest BCUT2D eigenvalue weighted by Gasteiger charge is -2.25. The number of carbonyl (C=O) groups is 2. The lowest BCUT2D eigenvalue weighted by atomic mass is 9.94. The number of nitro benzene ring substituents is 1. The molecule has 1 aliphatic rings. The molecule has 0 saturated carbocycles. The van der Waals surface area contributed by atoms with Crippen LogP contribution in [-0.2, 0) is 16.0 Å². The maximum Gasteiger partial charge on any atom is 0.295 e. The lowest BCUT2D eigenvalue weighted by Crippen LogP contribution is -2.32. The normalized spacial score (nSPS) is 16.8. The van der Waals surface area contributed by atoms with Crippen LogP contribution in [0.25, 0.3) is 16.7 Å². The van der Waals surface area contributed by atoms with Gasteiger partial charge in [0, 0.05) is 46.9 Å². The third-order valence-corrected chi connectivity index (χ3v) is 6.67. The number of Topliss-reactive ketones (excluding diaryl/α,β-unsaturated/α-hetero) is 1. The minimum absolute atomic E-state index is 0.0257. The van der Waals surface area contributed by atoms with E-state index in [0.29, 0.717) is 12.2 Å². The first-order valence-electron chi connectivity index (χ1n) is 11.7. The van der Waals surface area contributed by atoms with Crippen molar-refractivity contribution in [2.75, 3.05) is 13.7 Å². The number of carbonyl (C=O) groups excluding carboxylic acids is 2. The largest absolute Gasteiger partial charge is 0.507 e. The first-order chi connectivity index (χ1) is 18.3. The van der Waals surface area contributed by atoms with Crippen LogP contribution in [0.1, 0.15) is 22.7 Å². The molecular formula is C28H22FN3O6. The van der Waals surface area contributed by atoms with Gasteiger partial charge in [-0.15, -0.1) is 0 Å². The summed E-state index contributed by atoms with van der Waals surface area (Å²) in [6.45, 7) is 0.0411. The minimum Gasteiger partial charge on any atom is -0.507 e. The van der Waals surface area contributed by atoms with Gasteiger partial charge < -0.3 is 19.7 Å². The molecule has 0 spiro atoms. The number of hydrogen-bond acceptors (Lipinski definition) is 6. The average Bonchev–Trinajstić information content (AvgIpc) is 3.44. The van der Waals surface area contributed by atoms with Gasteiger partial charge in [0.1, 0.15) is 17.3 Å². The number of aromatic amines is 1. The molecule has 4 aromatic rings. The topological polar surface area (TPSA) is 126 Å². The first-order valence-corrected chi connectivity index (χ1v) is 11.7. The van der Waals surface area contributed by atoms with Crippen molar-refractivity contribution >= 4 is 34.0 Å². The van der Waals surface area contributed by atoms with Crippen molar-refractivity contribution in [3.05, 3.63) is 111 Å². The molecular weight excluding hydrogens is 493 g/mol. The monoisotopic (exact) mass is 515 g/mol. The van der Waals surface area contributed by atoms with Crippen molar-refractivity contribution in [3.8, 4) is 5.75 Å². The number of ketones is 1. The zero-order valence-corrected chi connectivity index (χ0v) is 20.2. The smallest absolute Gasteiger partial charge is 0.295 e. The van der Waals surface area contributed by atoms with E-state index in [9.17, 15) is 24.8 Å². The summed E-state index contributed by atoms with van der Waals surface area (Å²) >= 11 is 0. The number of halogens is 1. The molecule has 38 heavy (non-hydrogen) atoms. The number of aromatic nitrogens is 1. The first kappa shape index (κ1) is 24.7. The van der Waals surface area contributed by atoms with E-state index in [1.54, 1.807) is 19.4 Å². The molecule has 2 heterocycles. The number of H-pyrrole nitrogens is 1. The van der Waals surface area contributed by atoms with Gasteiger partial charge in [-0.3, -0.25) is 19.7 Å². The van der Waals surface area contributed by atoms with Gasteiger partial charge in [-0.25, -0.2) is 4.39 Å². The molecule has 1 fully saturated rings. The molecule has 0 bridgehead atoms. The molecule has 5 rings (SSSR count). The zero-order valence-electron chi connectivity index (χ0n) is 20.2. The highest BCUT2D eigenvalue weighted by molar-refractivity contribution is 6.46. The number of fused-ring (bicyclic) bond motifs is 1. The third kappa shape index (κ3) is 4.26. The van der Waals surface area contributed by atoms with E-state index in [0.717, 1.165) is 22.5 Å². The molecule has 3 aromatic carbocycles. The van der Waals surface area contributed by atoms with Crippen molar-refractivity contribution in [2.24, 2.45) is 0 Å². The number of nitrogens with one attached hydrogen (secondary N) is 1. The fourth-order valence-corrected chi connectivity index (χ4v) is 4.79. The number of aliphatic hydroxyl groups is 1. The number of benzene rings is 3. The molecule has 192 valence electrons. The van der Waals surface area contributed by atoms with E-state index < -0.39 is 34.2 Å². The Bertz CT molecular complexity index is 1630. The summed E-state index contributed by atoms with van der Waals surface area (Å²) in [6, 6.07) is 15.1. The van der Waals surface area contributed by atoms with Gasteiger partial charge in [0.2, 0.25) is 0 Å². The van der Waals surface area contributed by atoms with Crippen LogP contribution >= 0.6 is 0 Å². The van der Waals surface area contributed by atoms with Crippen molar-refractivity contribution < 1.29 is 28.7 Å². The van der Waals surface area contributed by atoms with Crippen molar-refractivity contribution in [1.29, 1.82) is 0 Å². The van der Waals surface area contributed by atoms with E-state index >= 15 is 4.39 Å². The molecule has 10 heteroatoms. The standard InChI is InChI=1S/C28H22FN3O6/c1-38-19-9-10-23-21(14-19)17(15-30-23)11-12-31-25(20-7-2-3-8-22(20)29)24(27(34)28(31)35)26(33)16-5-4-6-18(13-16)32(36)37/h2-10,13-15,25,30,33H,11-12H2,1H3/t25-/m1/s1. The predicted octanol–water partition coefficient (Wildman–Crippen LogP) is 4.89. The van der Waals surface area contributed by atoms with E-state index in [1.807, 2.05) is 18.2 Å². The third-order valence-electron chi connectivity index (χ3n) is 6.67. The lowest BCUT2D eigenvalue weighted by molar-refractivity contribution is -0.384. The Morgan fingerprint density at radius 3 is 2.66 bits per heavy atom. The van der Waals surface area contributed by atoms with Crippen LogP contribution in [0.3, 0.4) is 0 Å². The van der Waals surface area contributed by atoms with Gasteiger partial charge in [0.25, 0.3) is 17.4 Å². The van der Waals surface area contributed by atoms with Gasteiger partial charge in [-0.1, -0.05) is 30.3 Å². The van der Waals surface area contributed by atoms with Crippen LogP contribution in [0.15, 0.2) is 78.5 Å². The van der Waals surface area contributed by atoms with Crippen LogP contribution in [0.2, 0.25) is 0 Å². The Morgan fingerprint density at radius 1 is 1.13 bits per heavy atom. The number of nitrogens with zero attached hydrogens (tertiary/aromatic N) is 2. The Morgan fingerprint density at radius 2 is 1.92 bits per heavy atom. The fraction of sp³-hybridized carbons (Fsp3) is 0.143. The second-order valence-corrected chi connectivity index (χ2v) is 8.80. The summed E-state index contributed by atoms with van der Waals surface area (Å²) in [6.07, 6.45) is 2.11. The van der Waals surface area contributed by atoms with Crippen molar-refractivity contribution in [1.82, 2.24) is 9.88 Å². The molecule has 1 aliphatic heterocycles. The molecule has 0 unspecified atom stereocenters. The Kier molecular flexibility index (Phi) is 6.38. The number of ether oxygens (including phenoxy) is 1. The van der Waals surface area contributed by atoms with E-state index in [2.05, 4.69) is 4.98 Å². The second-order valence-electron chi connectivity index (χ2n) is 8.80. The van der Waals surface area contributed by atoms with Crippen LogP contribution in [-0.4, -0.2) is 45.3 Å². The molecule has 1 aromatic heterocycles. The summed E-state index contributed by atoms with van der Waals surface area (Å²) in [4.78, 5) is 41.4. The number of aliphatic hydroxyl groups excluding tert-OH is 1. The summed E-state index contributed by atoms with van der Waals surface area (Å²) in [7, 11) is 1.56. The molecule has 1 atom stereocenters. The summed E-state index contributed by atoms with van der Waals surface area (Å²) in [5.74, 6) is -2.52. The number of nitro groups is 1. The average molecular weight is 515 g/mol. The van der Waals surface area contributed by atoms with Crippen LogP contribution in [0.5, 0.6) is 5.75 Å².